The van der Waals surface area contributed by atoms with E-state index in [4.69, 9.17) is 4.84 Å². The van der Waals surface area contributed by atoms with Gasteiger partial charge in [-0.1, -0.05) is 118 Å². The van der Waals surface area contributed by atoms with Crippen molar-refractivity contribution >= 4 is 23.2 Å². The summed E-state index contributed by atoms with van der Waals surface area (Å²) < 4.78 is 0. The smallest absolute Gasteiger partial charge is 0.243 e. The molecule has 1 aliphatic heterocycles. The Balaban J connectivity index is 1.61. The van der Waals surface area contributed by atoms with E-state index in [1.165, 1.54) is 21.6 Å². The van der Waals surface area contributed by atoms with E-state index in [9.17, 15) is 9.59 Å². The molecule has 0 aromatic heterocycles. The van der Waals surface area contributed by atoms with Gasteiger partial charge >= 0.3 is 0 Å². The molecular weight excluding hydrogens is 508 g/mol. The van der Waals surface area contributed by atoms with Crippen molar-refractivity contribution in [1.29, 1.82) is 0 Å². The number of benzene rings is 4. The fourth-order valence-corrected chi connectivity index (χ4v) is 5.35. The number of imide groups is 1. The van der Waals surface area contributed by atoms with E-state index in [0.717, 1.165) is 28.0 Å². The number of nitrogens with zero attached hydrogens (tertiary/aromatic N) is 2. The molecule has 0 unspecified atom stereocenters. The summed E-state index contributed by atoms with van der Waals surface area (Å²) in [7, 11) is 0. The van der Waals surface area contributed by atoms with Gasteiger partial charge in [0.05, 0.1) is 11.4 Å². The van der Waals surface area contributed by atoms with Crippen LogP contribution < -0.4 is 4.90 Å². The predicted octanol–water partition coefficient (Wildman–Crippen LogP) is 8.03. The van der Waals surface area contributed by atoms with Crippen LogP contribution in [0.3, 0.4) is 0 Å². The van der Waals surface area contributed by atoms with Gasteiger partial charge in [-0.25, -0.2) is 4.90 Å². The zero-order valence-electron chi connectivity index (χ0n) is 24.1. The third kappa shape index (κ3) is 6.14. The van der Waals surface area contributed by atoms with E-state index in [2.05, 4.69) is 57.1 Å². The van der Waals surface area contributed by atoms with E-state index < -0.39 is 0 Å². The summed E-state index contributed by atoms with van der Waals surface area (Å²) in [6, 6.07) is 32.4. The Hall–Kier alpha value is -4.51. The summed E-state index contributed by atoms with van der Waals surface area (Å²) in [5, 5.41) is 4.59. The third-order valence-corrected chi connectivity index (χ3v) is 7.50. The molecule has 5 rings (SSSR count). The summed E-state index contributed by atoms with van der Waals surface area (Å²) in [6.45, 7) is 9.17. The third-order valence-electron chi connectivity index (χ3n) is 7.50. The molecule has 0 radical (unpaired) electrons. The molecule has 2 amide bonds. The Kier molecular flexibility index (Phi) is 8.44. The number of oxime groups is 1. The van der Waals surface area contributed by atoms with Gasteiger partial charge in [0.15, 0.2) is 0 Å². The van der Waals surface area contributed by atoms with Gasteiger partial charge in [-0.3, -0.25) is 9.59 Å². The van der Waals surface area contributed by atoms with Gasteiger partial charge in [0.2, 0.25) is 11.8 Å². The summed E-state index contributed by atoms with van der Waals surface area (Å²) in [5.74, 6) is 0.289. The minimum absolute atomic E-state index is 0.0608. The van der Waals surface area contributed by atoms with Crippen LogP contribution in [-0.4, -0.2) is 17.5 Å². The topological polar surface area (TPSA) is 59.0 Å². The Bertz CT molecular complexity index is 1530. The van der Waals surface area contributed by atoms with Crippen LogP contribution in [0.5, 0.6) is 0 Å². The molecule has 0 atom stereocenters. The quantitative estimate of drug-likeness (QED) is 0.0879. The van der Waals surface area contributed by atoms with Crippen LogP contribution in [0.25, 0.3) is 11.1 Å². The van der Waals surface area contributed by atoms with Crippen LogP contribution in [0.2, 0.25) is 0 Å². The fourth-order valence-electron chi connectivity index (χ4n) is 5.35. The molecule has 0 aliphatic carbocycles. The Labute approximate surface area is 242 Å². The van der Waals surface area contributed by atoms with Gasteiger partial charge in [0.1, 0.15) is 13.0 Å². The number of carbonyl (C=O) groups excluding carboxylic acids is 2. The Morgan fingerprint density at radius 3 is 1.98 bits per heavy atom. The minimum Gasteiger partial charge on any atom is -0.391 e. The van der Waals surface area contributed by atoms with Gasteiger partial charge in [0, 0.05) is 6.42 Å². The highest BCUT2D eigenvalue weighted by molar-refractivity contribution is 6.31. The molecular formula is C36H36N2O3. The van der Waals surface area contributed by atoms with E-state index in [1.807, 2.05) is 72.8 Å². The molecule has 4 aromatic carbocycles. The number of carbonyl (C=O) groups is 2. The molecule has 41 heavy (non-hydrogen) atoms. The fraction of sp³-hybridized carbons (Fsp3) is 0.250. The van der Waals surface area contributed by atoms with E-state index in [-0.39, 0.29) is 18.2 Å². The maximum Gasteiger partial charge on any atom is 0.243 e. The zero-order chi connectivity index (χ0) is 28.9. The normalized spacial score (nSPS) is 13.6. The summed E-state index contributed by atoms with van der Waals surface area (Å²) in [5.41, 5.74) is 8.95. The van der Waals surface area contributed by atoms with Crippen molar-refractivity contribution in [3.05, 3.63) is 125 Å². The zero-order valence-corrected chi connectivity index (χ0v) is 24.1. The van der Waals surface area contributed by atoms with Gasteiger partial charge < -0.3 is 4.84 Å². The van der Waals surface area contributed by atoms with Crippen LogP contribution in [0, 0.1) is 0 Å². The molecule has 1 saturated heterocycles. The van der Waals surface area contributed by atoms with E-state index in [0.29, 0.717) is 30.6 Å². The van der Waals surface area contributed by atoms with Gasteiger partial charge in [-0.2, -0.15) is 0 Å². The molecule has 5 heteroatoms. The van der Waals surface area contributed by atoms with Gasteiger partial charge in [0.25, 0.3) is 0 Å². The van der Waals surface area contributed by atoms with Crippen molar-refractivity contribution in [3.63, 3.8) is 0 Å². The van der Waals surface area contributed by atoms with Crippen LogP contribution in [0.1, 0.15) is 73.8 Å². The minimum atomic E-state index is -0.187. The number of β-lactam (4-membered cyclic amide) rings is 2. The number of hydrogen-bond donors (Lipinski definition) is 0. The summed E-state index contributed by atoms with van der Waals surface area (Å²) in [4.78, 5) is 32.3. The second kappa shape index (κ2) is 12.3. The number of rotatable bonds is 10. The van der Waals surface area contributed by atoms with Crippen molar-refractivity contribution < 1.29 is 14.4 Å². The molecule has 208 valence electrons. The molecule has 5 nitrogen and oxygen atoms in total. The lowest BCUT2D eigenvalue weighted by molar-refractivity contribution is -0.136. The molecule has 0 spiro atoms. The maximum absolute atomic E-state index is 12.6. The number of hydrogen-bond acceptors (Lipinski definition) is 4. The molecule has 0 bridgehead atoms. The van der Waals surface area contributed by atoms with E-state index >= 15 is 0 Å². The highest BCUT2D eigenvalue weighted by Crippen LogP contribution is 2.39. The highest BCUT2D eigenvalue weighted by Gasteiger charge is 2.37. The standard InChI is InChI=1S/C36H36N2O3/c1-24(2)30-16-11-17-31(25(3)4)36(30)28-18-19-33(38-34(39)22-35(38)40)29(20-28)21-32(27-14-9-6-10-15-27)37-41-23-26-12-7-5-8-13-26/h5-20,24-25H,21-23H2,1-4H3/b37-32-. The first-order valence-corrected chi connectivity index (χ1v) is 14.2. The van der Waals surface area contributed by atoms with Gasteiger partial charge in [-0.15, -0.1) is 0 Å². The van der Waals surface area contributed by atoms with Crippen molar-refractivity contribution in [2.45, 2.75) is 59.0 Å². The van der Waals surface area contributed by atoms with Crippen molar-refractivity contribution in [3.8, 4) is 11.1 Å². The SMILES string of the molecule is CC(C)c1cccc(C(C)C)c1-c1ccc(N2C(=O)CC2=O)c(C/C(=N/OCc2ccccc2)c2ccccc2)c1. The van der Waals surface area contributed by atoms with E-state index in [1.54, 1.807) is 0 Å². The molecule has 4 aromatic rings. The van der Waals surface area contributed by atoms with Gasteiger partial charge in [-0.05, 0) is 62.9 Å². The van der Waals surface area contributed by atoms with Crippen molar-refractivity contribution in [2.24, 2.45) is 5.16 Å². The van der Waals surface area contributed by atoms with Crippen LogP contribution in [-0.2, 0) is 27.5 Å². The summed E-state index contributed by atoms with van der Waals surface area (Å²) in [6.07, 6.45) is 0.328. The predicted molar refractivity (Wildman–Crippen MR) is 165 cm³/mol. The first-order valence-electron chi connectivity index (χ1n) is 14.2. The highest BCUT2D eigenvalue weighted by atomic mass is 16.6. The number of amides is 2. The van der Waals surface area contributed by atoms with Crippen LogP contribution in [0.4, 0.5) is 5.69 Å². The molecule has 0 N–H and O–H groups in total. The summed E-state index contributed by atoms with van der Waals surface area (Å²) >= 11 is 0. The monoisotopic (exact) mass is 544 g/mol. The lowest BCUT2D eigenvalue weighted by atomic mass is 9.84. The van der Waals surface area contributed by atoms with Crippen molar-refractivity contribution in [2.75, 3.05) is 4.90 Å². The lowest BCUT2D eigenvalue weighted by Gasteiger charge is -2.31. The average molecular weight is 545 g/mol. The first-order chi connectivity index (χ1) is 19.8. The maximum atomic E-state index is 12.6. The molecule has 1 aliphatic rings. The molecule has 0 saturated carbocycles. The first kappa shape index (κ1) is 28.0. The van der Waals surface area contributed by atoms with Crippen LogP contribution >= 0.6 is 0 Å². The van der Waals surface area contributed by atoms with Crippen molar-refractivity contribution in [1.82, 2.24) is 0 Å². The largest absolute Gasteiger partial charge is 0.391 e. The number of anilines is 1. The lowest BCUT2D eigenvalue weighted by Crippen LogP contribution is -2.49. The average Bonchev–Trinajstić information content (AvgIpc) is 2.98. The van der Waals surface area contributed by atoms with Crippen LogP contribution in [0.15, 0.2) is 102 Å². The Morgan fingerprint density at radius 1 is 0.780 bits per heavy atom. The second-order valence-corrected chi connectivity index (χ2v) is 11.1. The Morgan fingerprint density at radius 2 is 1.39 bits per heavy atom. The molecule has 1 fully saturated rings. The second-order valence-electron chi connectivity index (χ2n) is 11.1. The molecule has 1 heterocycles.